The predicted octanol–water partition coefficient (Wildman–Crippen LogP) is 5.93. The molecule has 6 nitrogen and oxygen atoms in total. The van der Waals surface area contributed by atoms with Crippen LogP contribution in [0.15, 0.2) is 63.4 Å². The minimum Gasteiger partial charge on any atom is -0.462 e. The normalized spacial score (nSPS) is 12.5. The van der Waals surface area contributed by atoms with Crippen LogP contribution in [0.4, 0.5) is 5.69 Å². The number of carbonyl (C=O) groups excluding carboxylic acids is 2. The third-order valence-electron chi connectivity index (χ3n) is 4.73. The summed E-state index contributed by atoms with van der Waals surface area (Å²) >= 11 is 13.7. The van der Waals surface area contributed by atoms with Gasteiger partial charge in [-0.25, -0.2) is 9.79 Å². The molecule has 0 saturated carbocycles. The molecule has 1 amide bonds. The molecule has 33 heavy (non-hydrogen) atoms. The van der Waals surface area contributed by atoms with Gasteiger partial charge in [-0.1, -0.05) is 48.8 Å². The van der Waals surface area contributed by atoms with Crippen molar-refractivity contribution < 1.29 is 14.3 Å². The molecule has 1 aliphatic rings. The summed E-state index contributed by atoms with van der Waals surface area (Å²) in [6.45, 7) is 4.25. The largest absolute Gasteiger partial charge is 0.462 e. The van der Waals surface area contributed by atoms with Gasteiger partial charge in [0.05, 0.1) is 39.8 Å². The van der Waals surface area contributed by atoms with E-state index < -0.39 is 11.9 Å². The number of ether oxygens (including phenoxy) is 1. The molecule has 1 aliphatic heterocycles. The zero-order valence-electron chi connectivity index (χ0n) is 17.8. The summed E-state index contributed by atoms with van der Waals surface area (Å²) in [5.41, 5.74) is 8.26. The Morgan fingerprint density at radius 1 is 1.06 bits per heavy atom. The second-order valence-electron chi connectivity index (χ2n) is 7.79. The standard InChI is InChI=1S/C24H19Cl2N3O3S/c1-12(2)11-32-24(31)13-3-6-19-18(7-13)29-22(17-5-4-14(25)10-28-17)21-16(23(27)30)8-15(26)9-20(21)33-19/h3-10,12H,11H2,1-2H3,(H2,27,30). The predicted molar refractivity (Wildman–Crippen MR) is 130 cm³/mol. The summed E-state index contributed by atoms with van der Waals surface area (Å²) in [4.78, 5) is 35.5. The molecule has 1 aromatic heterocycles. The van der Waals surface area contributed by atoms with E-state index in [2.05, 4.69) is 4.98 Å². The number of hydrogen-bond donors (Lipinski definition) is 1. The number of esters is 1. The summed E-state index contributed by atoms with van der Waals surface area (Å²) in [6.07, 6.45) is 1.50. The maximum atomic E-state index is 12.5. The van der Waals surface area contributed by atoms with Crippen molar-refractivity contribution in [2.45, 2.75) is 23.6 Å². The molecule has 0 radical (unpaired) electrons. The summed E-state index contributed by atoms with van der Waals surface area (Å²) in [7, 11) is 0. The SMILES string of the molecule is CC(C)COC(=O)c1ccc2c(c1)N=C(c1ccc(Cl)cn1)c1c(cc(Cl)cc1C(N)=O)S2. The molecule has 0 unspecified atom stereocenters. The van der Waals surface area contributed by atoms with Crippen LogP contribution in [0.2, 0.25) is 10.0 Å². The number of pyridine rings is 1. The molecule has 2 aromatic carbocycles. The Labute approximate surface area is 205 Å². The highest BCUT2D eigenvalue weighted by atomic mass is 35.5. The van der Waals surface area contributed by atoms with Crippen LogP contribution in [0.25, 0.3) is 0 Å². The zero-order valence-corrected chi connectivity index (χ0v) is 20.1. The maximum absolute atomic E-state index is 12.5. The van der Waals surface area contributed by atoms with Crippen molar-refractivity contribution in [3.8, 4) is 0 Å². The van der Waals surface area contributed by atoms with Crippen LogP contribution in [0.3, 0.4) is 0 Å². The summed E-state index contributed by atoms with van der Waals surface area (Å²) in [5, 5.41) is 0.834. The van der Waals surface area contributed by atoms with E-state index in [4.69, 9.17) is 38.7 Å². The first-order valence-electron chi connectivity index (χ1n) is 10.1. The average Bonchev–Trinajstić information content (AvgIpc) is 2.93. The van der Waals surface area contributed by atoms with E-state index in [0.29, 0.717) is 49.8 Å². The Hall–Kier alpha value is -2.87. The fourth-order valence-electron chi connectivity index (χ4n) is 3.24. The molecule has 0 spiro atoms. The summed E-state index contributed by atoms with van der Waals surface area (Å²) in [6, 6.07) is 11.8. The Balaban J connectivity index is 1.91. The molecular formula is C24H19Cl2N3O3S. The number of nitrogens with two attached hydrogens (primary N) is 1. The van der Waals surface area contributed by atoms with Crippen molar-refractivity contribution in [3.63, 3.8) is 0 Å². The zero-order chi connectivity index (χ0) is 23.7. The number of primary amides is 1. The summed E-state index contributed by atoms with van der Waals surface area (Å²) < 4.78 is 5.36. The second-order valence-corrected chi connectivity index (χ2v) is 9.75. The molecule has 0 atom stereocenters. The van der Waals surface area contributed by atoms with Gasteiger partial charge in [-0.15, -0.1) is 0 Å². The third-order valence-corrected chi connectivity index (χ3v) is 6.28. The van der Waals surface area contributed by atoms with Crippen LogP contribution in [-0.2, 0) is 4.74 Å². The number of rotatable bonds is 5. The van der Waals surface area contributed by atoms with Gasteiger partial charge in [0, 0.05) is 26.6 Å². The lowest BCUT2D eigenvalue weighted by atomic mass is 9.99. The van der Waals surface area contributed by atoms with Crippen LogP contribution >= 0.6 is 35.0 Å². The number of amides is 1. The first kappa shape index (κ1) is 23.3. The van der Waals surface area contributed by atoms with Gasteiger partial charge < -0.3 is 10.5 Å². The number of benzene rings is 2. The molecule has 168 valence electrons. The minimum absolute atomic E-state index is 0.220. The Kier molecular flexibility index (Phi) is 6.74. The number of hydrogen-bond acceptors (Lipinski definition) is 6. The lowest BCUT2D eigenvalue weighted by Crippen LogP contribution is -2.18. The molecule has 0 saturated heterocycles. The highest BCUT2D eigenvalue weighted by molar-refractivity contribution is 7.99. The minimum atomic E-state index is -0.639. The number of aromatic nitrogens is 1. The van der Waals surface area contributed by atoms with Crippen molar-refractivity contribution in [2.75, 3.05) is 6.61 Å². The third kappa shape index (κ3) is 5.05. The first-order valence-corrected chi connectivity index (χ1v) is 11.6. The van der Waals surface area contributed by atoms with Gasteiger partial charge in [0.15, 0.2) is 0 Å². The highest BCUT2D eigenvalue weighted by Crippen LogP contribution is 2.43. The van der Waals surface area contributed by atoms with E-state index in [1.165, 1.54) is 24.0 Å². The lowest BCUT2D eigenvalue weighted by molar-refractivity contribution is 0.0459. The van der Waals surface area contributed by atoms with Crippen LogP contribution in [-0.4, -0.2) is 29.2 Å². The molecule has 0 fully saturated rings. The van der Waals surface area contributed by atoms with Crippen molar-refractivity contribution >= 4 is 58.2 Å². The molecule has 4 rings (SSSR count). The van der Waals surface area contributed by atoms with Gasteiger partial charge in [0.2, 0.25) is 5.91 Å². The fraction of sp³-hybridized carbons (Fsp3) is 0.167. The smallest absolute Gasteiger partial charge is 0.338 e. The maximum Gasteiger partial charge on any atom is 0.338 e. The van der Waals surface area contributed by atoms with E-state index in [0.717, 1.165) is 4.90 Å². The molecule has 0 bridgehead atoms. The lowest BCUT2D eigenvalue weighted by Gasteiger charge is -2.13. The highest BCUT2D eigenvalue weighted by Gasteiger charge is 2.26. The van der Waals surface area contributed by atoms with Gasteiger partial charge in [0.25, 0.3) is 0 Å². The number of halogens is 2. The van der Waals surface area contributed by atoms with Gasteiger partial charge >= 0.3 is 5.97 Å². The summed E-state index contributed by atoms with van der Waals surface area (Å²) in [5.74, 6) is -0.849. The Bertz CT molecular complexity index is 1290. The van der Waals surface area contributed by atoms with Crippen LogP contribution in [0.5, 0.6) is 0 Å². The van der Waals surface area contributed by atoms with Crippen molar-refractivity contribution in [2.24, 2.45) is 16.6 Å². The van der Waals surface area contributed by atoms with E-state index in [9.17, 15) is 9.59 Å². The van der Waals surface area contributed by atoms with Crippen LogP contribution in [0, 0.1) is 5.92 Å². The number of fused-ring (bicyclic) bond motifs is 2. The number of aliphatic imine (C=N–C) groups is 1. The number of carbonyl (C=O) groups is 2. The first-order chi connectivity index (χ1) is 15.7. The van der Waals surface area contributed by atoms with Gasteiger partial charge in [-0.2, -0.15) is 0 Å². The van der Waals surface area contributed by atoms with Crippen molar-refractivity contribution in [3.05, 3.63) is 81.1 Å². The molecule has 0 aliphatic carbocycles. The van der Waals surface area contributed by atoms with E-state index in [1.807, 2.05) is 13.8 Å². The number of nitrogens with zero attached hydrogens (tertiary/aromatic N) is 2. The van der Waals surface area contributed by atoms with E-state index in [-0.39, 0.29) is 11.5 Å². The Morgan fingerprint density at radius 3 is 2.52 bits per heavy atom. The molecule has 9 heteroatoms. The van der Waals surface area contributed by atoms with Crippen LogP contribution < -0.4 is 5.73 Å². The molecule has 2 N–H and O–H groups in total. The topological polar surface area (TPSA) is 94.6 Å². The Morgan fingerprint density at radius 2 is 1.85 bits per heavy atom. The van der Waals surface area contributed by atoms with E-state index >= 15 is 0 Å². The quantitative estimate of drug-likeness (QED) is 0.343. The van der Waals surface area contributed by atoms with Gasteiger partial charge in [-0.05, 0) is 48.4 Å². The monoisotopic (exact) mass is 499 g/mol. The van der Waals surface area contributed by atoms with Crippen molar-refractivity contribution in [1.82, 2.24) is 4.98 Å². The molecular weight excluding hydrogens is 481 g/mol. The fourth-order valence-corrected chi connectivity index (χ4v) is 4.71. The van der Waals surface area contributed by atoms with Crippen LogP contribution in [0.1, 0.15) is 45.8 Å². The second kappa shape index (κ2) is 9.55. The van der Waals surface area contributed by atoms with E-state index in [1.54, 1.807) is 36.4 Å². The van der Waals surface area contributed by atoms with Crippen molar-refractivity contribution in [1.29, 1.82) is 0 Å². The average molecular weight is 500 g/mol. The van der Waals surface area contributed by atoms with Gasteiger partial charge in [0.1, 0.15) is 0 Å². The van der Waals surface area contributed by atoms with Gasteiger partial charge in [-0.3, -0.25) is 9.78 Å². The molecule has 2 heterocycles. The molecule has 3 aromatic rings.